The molecule has 1 atom stereocenters. The lowest BCUT2D eigenvalue weighted by Crippen LogP contribution is -2.33. The van der Waals surface area contributed by atoms with Crippen LogP contribution in [0.5, 0.6) is 0 Å². The minimum atomic E-state index is -3.55. The van der Waals surface area contributed by atoms with Gasteiger partial charge in [0.05, 0.1) is 11.7 Å². The van der Waals surface area contributed by atoms with E-state index in [0.29, 0.717) is 5.02 Å². The van der Waals surface area contributed by atoms with Gasteiger partial charge in [0.25, 0.3) is 0 Å². The van der Waals surface area contributed by atoms with Gasteiger partial charge in [0.2, 0.25) is 15.9 Å². The van der Waals surface area contributed by atoms with E-state index in [-0.39, 0.29) is 18.2 Å². The molecule has 0 bridgehead atoms. The molecule has 0 saturated carbocycles. The molecule has 0 aliphatic carbocycles. The Labute approximate surface area is 111 Å². The minimum absolute atomic E-state index is 0.00255. The van der Waals surface area contributed by atoms with E-state index in [2.05, 4.69) is 5.32 Å². The van der Waals surface area contributed by atoms with Crippen LogP contribution in [0.25, 0.3) is 0 Å². The van der Waals surface area contributed by atoms with Gasteiger partial charge in [0.1, 0.15) is 0 Å². The first-order chi connectivity index (χ1) is 8.29. The van der Waals surface area contributed by atoms with Crippen LogP contribution in [0.3, 0.4) is 0 Å². The summed E-state index contributed by atoms with van der Waals surface area (Å²) in [5.41, 5.74) is 0.774. The first-order valence-corrected chi connectivity index (χ1v) is 7.42. The van der Waals surface area contributed by atoms with Gasteiger partial charge in [0, 0.05) is 11.6 Å². The maximum Gasteiger partial charge on any atom is 0.227 e. The van der Waals surface area contributed by atoms with Crippen molar-refractivity contribution in [2.45, 2.75) is 12.8 Å². The van der Waals surface area contributed by atoms with E-state index in [4.69, 9.17) is 16.7 Å². The van der Waals surface area contributed by atoms with Gasteiger partial charge in [-0.2, -0.15) is 0 Å². The van der Waals surface area contributed by atoms with Crippen LogP contribution in [0.2, 0.25) is 5.02 Å². The topological polar surface area (TPSA) is 89.3 Å². The molecule has 0 heterocycles. The van der Waals surface area contributed by atoms with E-state index in [9.17, 15) is 13.2 Å². The molecule has 1 aromatic rings. The van der Waals surface area contributed by atoms with Crippen LogP contribution in [0.1, 0.15) is 18.4 Å². The van der Waals surface area contributed by atoms with Crippen LogP contribution in [-0.4, -0.2) is 26.6 Å². The number of nitrogens with one attached hydrogen (secondary N) is 1. The summed E-state index contributed by atoms with van der Waals surface area (Å²) in [6, 6.07) is 6.96. The third-order valence-electron chi connectivity index (χ3n) is 2.43. The first-order valence-electron chi connectivity index (χ1n) is 5.33. The fourth-order valence-corrected chi connectivity index (χ4v) is 1.98. The quantitative estimate of drug-likeness (QED) is 0.842. The monoisotopic (exact) mass is 290 g/mol. The Morgan fingerprint density at radius 2 is 2.17 bits per heavy atom. The highest BCUT2D eigenvalue weighted by atomic mass is 35.5. The molecular formula is C11H15ClN2O3S. The summed E-state index contributed by atoms with van der Waals surface area (Å²) in [7, 11) is -3.55. The van der Waals surface area contributed by atoms with Crippen LogP contribution in [-0.2, 0) is 14.8 Å². The van der Waals surface area contributed by atoms with Crippen molar-refractivity contribution in [2.75, 3.05) is 12.3 Å². The molecule has 0 radical (unpaired) electrons. The smallest absolute Gasteiger partial charge is 0.227 e. The number of carbonyl (C=O) groups is 1. The summed E-state index contributed by atoms with van der Waals surface area (Å²) in [6.45, 7) is 1.72. The number of rotatable bonds is 5. The molecule has 0 aromatic heterocycles. The minimum Gasteiger partial charge on any atom is -0.355 e. The molecule has 100 valence electrons. The van der Waals surface area contributed by atoms with Crippen LogP contribution >= 0.6 is 11.6 Å². The molecule has 0 aliphatic rings. The highest BCUT2D eigenvalue weighted by molar-refractivity contribution is 7.89. The van der Waals surface area contributed by atoms with Gasteiger partial charge in [-0.25, -0.2) is 13.6 Å². The maximum atomic E-state index is 11.8. The van der Waals surface area contributed by atoms with E-state index in [1.807, 2.05) is 0 Å². The molecule has 0 aliphatic heterocycles. The van der Waals surface area contributed by atoms with Crippen molar-refractivity contribution in [3.63, 3.8) is 0 Å². The Bertz CT molecular complexity index is 531. The zero-order chi connectivity index (χ0) is 13.8. The van der Waals surface area contributed by atoms with Crippen molar-refractivity contribution < 1.29 is 13.2 Å². The Balaban J connectivity index is 2.57. The molecular weight excluding hydrogens is 276 g/mol. The molecule has 1 aromatic carbocycles. The Kier molecular flexibility index (Phi) is 5.13. The molecule has 0 spiro atoms. The molecule has 1 rings (SSSR count). The van der Waals surface area contributed by atoms with E-state index < -0.39 is 15.9 Å². The van der Waals surface area contributed by atoms with Crippen LogP contribution in [0.4, 0.5) is 0 Å². The van der Waals surface area contributed by atoms with Crippen molar-refractivity contribution >= 4 is 27.5 Å². The van der Waals surface area contributed by atoms with Crippen LogP contribution in [0, 0.1) is 0 Å². The largest absolute Gasteiger partial charge is 0.355 e. The molecule has 0 fully saturated rings. The molecule has 1 amide bonds. The van der Waals surface area contributed by atoms with E-state index in [0.717, 1.165) is 5.56 Å². The zero-order valence-corrected chi connectivity index (χ0v) is 11.5. The third kappa shape index (κ3) is 5.03. The standard InChI is InChI=1S/C11H15ClN2O3S/c1-8(9-3-2-4-10(12)7-9)11(15)14-5-6-18(13,16)17/h2-4,7-8H,5-6H2,1H3,(H,14,15)(H2,13,16,17)/t8-/m1/s1. The van der Waals surface area contributed by atoms with Crippen molar-refractivity contribution in [3.8, 4) is 0 Å². The lowest BCUT2D eigenvalue weighted by Gasteiger charge is -2.12. The predicted octanol–water partition coefficient (Wildman–Crippen LogP) is 0.848. The lowest BCUT2D eigenvalue weighted by atomic mass is 10.0. The summed E-state index contributed by atoms with van der Waals surface area (Å²) in [4.78, 5) is 11.8. The number of primary sulfonamides is 1. The van der Waals surface area contributed by atoms with Crippen LogP contribution in [0.15, 0.2) is 24.3 Å². The summed E-state index contributed by atoms with van der Waals surface area (Å²) in [5, 5.41) is 7.90. The normalized spacial score (nSPS) is 13.1. The fraction of sp³-hybridized carbons (Fsp3) is 0.364. The summed E-state index contributed by atoms with van der Waals surface area (Å²) >= 11 is 5.83. The van der Waals surface area contributed by atoms with E-state index in [1.165, 1.54) is 0 Å². The van der Waals surface area contributed by atoms with Gasteiger partial charge in [0.15, 0.2) is 0 Å². The number of amides is 1. The first kappa shape index (κ1) is 14.9. The summed E-state index contributed by atoms with van der Waals surface area (Å²) in [5.74, 6) is -0.939. The average Bonchev–Trinajstić information content (AvgIpc) is 2.26. The van der Waals surface area contributed by atoms with Gasteiger partial charge in [-0.05, 0) is 24.6 Å². The number of hydrogen-bond donors (Lipinski definition) is 2. The second-order valence-electron chi connectivity index (χ2n) is 3.93. The van der Waals surface area contributed by atoms with Crippen molar-refractivity contribution in [3.05, 3.63) is 34.9 Å². The summed E-state index contributed by atoms with van der Waals surface area (Å²) in [6.07, 6.45) is 0. The molecule has 0 saturated heterocycles. The average molecular weight is 291 g/mol. The van der Waals surface area contributed by atoms with Gasteiger partial charge in [-0.3, -0.25) is 4.79 Å². The lowest BCUT2D eigenvalue weighted by molar-refractivity contribution is -0.122. The molecule has 7 heteroatoms. The molecule has 0 unspecified atom stereocenters. The van der Waals surface area contributed by atoms with Gasteiger partial charge in [-0.1, -0.05) is 23.7 Å². The Morgan fingerprint density at radius 3 is 2.72 bits per heavy atom. The predicted molar refractivity (Wildman–Crippen MR) is 70.9 cm³/mol. The van der Waals surface area contributed by atoms with Crippen molar-refractivity contribution in [2.24, 2.45) is 5.14 Å². The maximum absolute atomic E-state index is 11.8. The number of sulfonamides is 1. The molecule has 3 N–H and O–H groups in total. The number of nitrogens with two attached hydrogens (primary N) is 1. The SMILES string of the molecule is C[C@@H](C(=O)NCCS(N)(=O)=O)c1cccc(Cl)c1. The number of benzene rings is 1. The molecule has 18 heavy (non-hydrogen) atoms. The van der Waals surface area contributed by atoms with E-state index in [1.54, 1.807) is 31.2 Å². The highest BCUT2D eigenvalue weighted by Gasteiger charge is 2.15. The summed E-state index contributed by atoms with van der Waals surface area (Å²) < 4.78 is 21.4. The zero-order valence-electron chi connectivity index (χ0n) is 9.89. The fourth-order valence-electron chi connectivity index (χ4n) is 1.40. The highest BCUT2D eigenvalue weighted by Crippen LogP contribution is 2.19. The second-order valence-corrected chi connectivity index (χ2v) is 6.11. The van der Waals surface area contributed by atoms with E-state index >= 15 is 0 Å². The molecule has 5 nitrogen and oxygen atoms in total. The number of carbonyl (C=O) groups excluding carboxylic acids is 1. The third-order valence-corrected chi connectivity index (χ3v) is 3.44. The Morgan fingerprint density at radius 1 is 1.50 bits per heavy atom. The van der Waals surface area contributed by atoms with Crippen molar-refractivity contribution in [1.82, 2.24) is 5.32 Å². The second kappa shape index (κ2) is 6.17. The van der Waals surface area contributed by atoms with Gasteiger partial charge >= 0.3 is 0 Å². The number of halogens is 1. The van der Waals surface area contributed by atoms with Gasteiger partial charge in [-0.15, -0.1) is 0 Å². The number of hydrogen-bond acceptors (Lipinski definition) is 3. The van der Waals surface area contributed by atoms with Gasteiger partial charge < -0.3 is 5.32 Å². The van der Waals surface area contributed by atoms with Crippen molar-refractivity contribution in [1.29, 1.82) is 0 Å². The van der Waals surface area contributed by atoms with Crippen LogP contribution < -0.4 is 10.5 Å². The Hall–Kier alpha value is -1.11.